The molecule has 33 heavy (non-hydrogen) atoms. The van der Waals surface area contributed by atoms with Crippen LogP contribution in [0.3, 0.4) is 0 Å². The standard InChI is InChI=1S/C9H9ClFN3OS.C7H7ClFN3S.C2H3ClO/c1-5(15)14-3-6(4-14)16-8-7(11)2-12-9(10)13-8;8-7-11-3-5(9)6(12-7)13-4-1-10-2-4;1-2(3)4/h2,6H,3-4H2,1H3;3-4,10H,1-2H2;1H3. The maximum absolute atomic E-state index is 13.3. The van der Waals surface area contributed by atoms with Gasteiger partial charge >= 0.3 is 0 Å². The Morgan fingerprint density at radius 2 is 1.39 bits per heavy atom. The van der Waals surface area contributed by atoms with Gasteiger partial charge < -0.3 is 10.2 Å². The van der Waals surface area contributed by atoms with Crippen LogP contribution in [-0.4, -0.2) is 72.7 Å². The second-order valence-corrected chi connectivity index (χ2v) is 10.4. The molecule has 2 aromatic rings. The van der Waals surface area contributed by atoms with Gasteiger partial charge in [0.15, 0.2) is 11.6 Å². The van der Waals surface area contributed by atoms with Crippen LogP contribution in [0.1, 0.15) is 13.8 Å². The average Bonchev–Trinajstić information content (AvgIpc) is 2.66. The SMILES string of the molecule is CC(=O)Cl.CC(=O)N1CC(Sc2nc(Cl)ncc2F)C1.Fc1cnc(Cl)nc1SC1CNC1. The average molecular weight is 560 g/mol. The third kappa shape index (κ3) is 9.83. The highest BCUT2D eigenvalue weighted by atomic mass is 35.5. The lowest BCUT2D eigenvalue weighted by Crippen LogP contribution is -2.51. The third-order valence-corrected chi connectivity index (χ3v) is 6.64. The number of carbonyl (C=O) groups excluding carboxylic acids is 2. The molecule has 0 saturated carbocycles. The normalized spacial score (nSPS) is 15.3. The first kappa shape index (κ1) is 27.9. The number of amides is 1. The first-order chi connectivity index (χ1) is 15.5. The van der Waals surface area contributed by atoms with E-state index in [0.29, 0.717) is 23.4 Å². The molecular weight excluding hydrogens is 541 g/mol. The van der Waals surface area contributed by atoms with Crippen molar-refractivity contribution in [3.8, 4) is 0 Å². The van der Waals surface area contributed by atoms with Gasteiger partial charge in [0.05, 0.1) is 12.4 Å². The van der Waals surface area contributed by atoms with Crippen molar-refractivity contribution in [2.75, 3.05) is 26.2 Å². The molecule has 1 N–H and O–H groups in total. The quantitative estimate of drug-likeness (QED) is 0.341. The highest BCUT2D eigenvalue weighted by molar-refractivity contribution is 8.00. The number of rotatable bonds is 4. The summed E-state index contributed by atoms with van der Waals surface area (Å²) >= 11 is 18.4. The van der Waals surface area contributed by atoms with Crippen molar-refractivity contribution >= 4 is 69.5 Å². The lowest BCUT2D eigenvalue weighted by Gasteiger charge is -2.37. The van der Waals surface area contributed by atoms with E-state index in [4.69, 9.17) is 23.2 Å². The molecule has 1 amide bonds. The Bertz CT molecular complexity index is 980. The van der Waals surface area contributed by atoms with Crippen molar-refractivity contribution in [1.29, 1.82) is 0 Å². The highest BCUT2D eigenvalue weighted by Gasteiger charge is 2.30. The van der Waals surface area contributed by atoms with Gasteiger partial charge in [-0.2, -0.15) is 0 Å². The predicted molar refractivity (Wildman–Crippen MR) is 125 cm³/mol. The van der Waals surface area contributed by atoms with Gasteiger partial charge in [0.25, 0.3) is 0 Å². The number of nitrogens with one attached hydrogen (secondary N) is 1. The minimum absolute atomic E-state index is 0.0339. The van der Waals surface area contributed by atoms with Crippen LogP contribution in [0.4, 0.5) is 8.78 Å². The molecule has 0 unspecified atom stereocenters. The zero-order valence-corrected chi connectivity index (χ0v) is 21.3. The van der Waals surface area contributed by atoms with E-state index in [2.05, 4.69) is 36.9 Å². The van der Waals surface area contributed by atoms with Gasteiger partial charge in [0.1, 0.15) is 10.1 Å². The largest absolute Gasteiger partial charge is 0.341 e. The molecule has 2 aliphatic rings. The van der Waals surface area contributed by atoms with E-state index in [1.165, 1.54) is 37.4 Å². The molecule has 0 radical (unpaired) electrons. The second-order valence-electron chi connectivity index (χ2n) is 6.62. The van der Waals surface area contributed by atoms with E-state index >= 15 is 0 Å². The summed E-state index contributed by atoms with van der Waals surface area (Å²) in [5.41, 5.74) is 0. The van der Waals surface area contributed by atoms with Crippen molar-refractivity contribution < 1.29 is 18.4 Å². The fraction of sp³-hybridized carbons (Fsp3) is 0.444. The van der Waals surface area contributed by atoms with Crippen LogP contribution < -0.4 is 5.32 Å². The predicted octanol–water partition coefficient (Wildman–Crippen LogP) is 3.70. The van der Waals surface area contributed by atoms with E-state index in [1.54, 1.807) is 4.90 Å². The summed E-state index contributed by atoms with van der Waals surface area (Å²) in [5.74, 6) is -0.838. The maximum atomic E-state index is 13.3. The van der Waals surface area contributed by atoms with Gasteiger partial charge in [-0.25, -0.2) is 28.7 Å². The Morgan fingerprint density at radius 1 is 0.970 bits per heavy atom. The first-order valence-electron chi connectivity index (χ1n) is 9.36. The summed E-state index contributed by atoms with van der Waals surface area (Å²) < 4.78 is 26.3. The van der Waals surface area contributed by atoms with Crippen LogP contribution in [0.15, 0.2) is 22.4 Å². The smallest absolute Gasteiger partial charge is 0.223 e. The maximum Gasteiger partial charge on any atom is 0.223 e. The number of aromatic nitrogens is 4. The van der Waals surface area contributed by atoms with Crippen LogP contribution in [0, 0.1) is 11.6 Å². The van der Waals surface area contributed by atoms with Gasteiger partial charge in [-0.1, -0.05) is 23.5 Å². The molecule has 0 atom stereocenters. The second kappa shape index (κ2) is 13.5. The molecule has 2 fully saturated rings. The summed E-state index contributed by atoms with van der Waals surface area (Å²) in [6.45, 7) is 5.85. The molecule has 0 aromatic carbocycles. The van der Waals surface area contributed by atoms with E-state index in [0.717, 1.165) is 25.5 Å². The highest BCUT2D eigenvalue weighted by Crippen LogP contribution is 2.30. The van der Waals surface area contributed by atoms with E-state index < -0.39 is 11.6 Å². The molecule has 4 rings (SSSR count). The zero-order chi connectivity index (χ0) is 24.5. The van der Waals surface area contributed by atoms with Gasteiger partial charge in [0.2, 0.25) is 21.7 Å². The summed E-state index contributed by atoms with van der Waals surface area (Å²) in [7, 11) is 0. The number of hydrogen-bond donors (Lipinski definition) is 1. The minimum Gasteiger partial charge on any atom is -0.341 e. The molecule has 2 saturated heterocycles. The van der Waals surface area contributed by atoms with E-state index in [-0.39, 0.29) is 32.0 Å². The van der Waals surface area contributed by atoms with Gasteiger partial charge in [-0.15, -0.1) is 0 Å². The van der Waals surface area contributed by atoms with Crippen LogP contribution in [0.2, 0.25) is 10.6 Å². The van der Waals surface area contributed by atoms with E-state index in [1.807, 2.05) is 0 Å². The molecule has 4 heterocycles. The zero-order valence-electron chi connectivity index (χ0n) is 17.4. The summed E-state index contributed by atoms with van der Waals surface area (Å²) in [4.78, 5) is 36.5. The van der Waals surface area contributed by atoms with Crippen LogP contribution in [0.5, 0.6) is 0 Å². The van der Waals surface area contributed by atoms with Crippen LogP contribution in [0.25, 0.3) is 0 Å². The summed E-state index contributed by atoms with van der Waals surface area (Å²) in [6.07, 6.45) is 2.16. The van der Waals surface area contributed by atoms with Crippen molar-refractivity contribution in [2.24, 2.45) is 0 Å². The number of halogens is 5. The number of carbonyl (C=O) groups is 2. The van der Waals surface area contributed by atoms with Crippen molar-refractivity contribution in [1.82, 2.24) is 30.2 Å². The Balaban J connectivity index is 0.000000204. The number of thioether (sulfide) groups is 2. The number of likely N-dealkylation sites (tertiary alicyclic amines) is 1. The van der Waals surface area contributed by atoms with Gasteiger partial charge in [0, 0.05) is 50.5 Å². The molecule has 180 valence electrons. The number of nitrogens with zero attached hydrogens (tertiary/aromatic N) is 5. The van der Waals surface area contributed by atoms with Crippen molar-refractivity contribution in [3.05, 3.63) is 34.6 Å². The lowest BCUT2D eigenvalue weighted by molar-refractivity contribution is -0.131. The minimum atomic E-state index is -0.476. The van der Waals surface area contributed by atoms with Gasteiger partial charge in [-0.05, 0) is 34.8 Å². The Hall–Kier alpha value is -1.31. The van der Waals surface area contributed by atoms with Gasteiger partial charge in [-0.3, -0.25) is 9.59 Å². The van der Waals surface area contributed by atoms with Crippen molar-refractivity contribution in [2.45, 2.75) is 34.4 Å². The van der Waals surface area contributed by atoms with Crippen molar-refractivity contribution in [3.63, 3.8) is 0 Å². The molecule has 15 heteroatoms. The summed E-state index contributed by atoms with van der Waals surface area (Å²) in [6, 6.07) is 0. The van der Waals surface area contributed by atoms with Crippen LogP contribution in [-0.2, 0) is 9.59 Å². The Morgan fingerprint density at radius 3 is 1.76 bits per heavy atom. The van der Waals surface area contributed by atoms with E-state index in [9.17, 15) is 18.4 Å². The molecular formula is C18H19Cl3F2N6O2S2. The molecule has 8 nitrogen and oxygen atoms in total. The number of hydrogen-bond acceptors (Lipinski definition) is 9. The Kier molecular flexibility index (Phi) is 11.5. The first-order valence-corrected chi connectivity index (χ1v) is 12.3. The summed E-state index contributed by atoms with van der Waals surface area (Å²) in [5, 5.41) is 4.03. The Labute approximate surface area is 212 Å². The van der Waals surface area contributed by atoms with Crippen LogP contribution >= 0.6 is 58.3 Å². The topological polar surface area (TPSA) is 101 Å². The molecule has 0 aliphatic carbocycles. The molecule has 2 aromatic heterocycles. The monoisotopic (exact) mass is 558 g/mol. The third-order valence-electron chi connectivity index (χ3n) is 3.96. The fourth-order valence-corrected chi connectivity index (χ4v) is 4.78. The molecule has 2 aliphatic heterocycles. The molecule has 0 spiro atoms. The lowest BCUT2D eigenvalue weighted by atomic mass is 10.2. The fourth-order valence-electron chi connectivity index (χ4n) is 2.26. The molecule has 0 bridgehead atoms.